The fourth-order valence-corrected chi connectivity index (χ4v) is 2.53. The lowest BCUT2D eigenvalue weighted by molar-refractivity contribution is 1.19. The third kappa shape index (κ3) is 2.91. The number of halogens is 2. The molecule has 4 heteroatoms. The molecule has 0 amide bonds. The van der Waals surface area contributed by atoms with Gasteiger partial charge >= 0.3 is 0 Å². The lowest BCUT2D eigenvalue weighted by Gasteiger charge is -2.06. The van der Waals surface area contributed by atoms with Gasteiger partial charge in [-0.3, -0.25) is 0 Å². The van der Waals surface area contributed by atoms with Crippen molar-refractivity contribution < 1.29 is 0 Å². The Morgan fingerprint density at radius 3 is 2.69 bits per heavy atom. The van der Waals surface area contributed by atoms with Gasteiger partial charge in [0.15, 0.2) is 0 Å². The maximum absolute atomic E-state index is 6.04. The molecule has 0 aliphatic heterocycles. The monoisotopic (exact) mass is 271 g/mol. The van der Waals surface area contributed by atoms with Crippen LogP contribution in [0.1, 0.15) is 10.4 Å². The summed E-state index contributed by atoms with van der Waals surface area (Å²) in [4.78, 5) is 1.21. The van der Waals surface area contributed by atoms with Gasteiger partial charge in [0.05, 0.1) is 5.02 Å². The molecular weight excluding hydrogens is 261 g/mol. The molecule has 1 heterocycles. The molecule has 0 saturated heterocycles. The van der Waals surface area contributed by atoms with Gasteiger partial charge in [-0.1, -0.05) is 29.3 Å². The Kier molecular flexibility index (Phi) is 3.74. The van der Waals surface area contributed by atoms with E-state index < -0.39 is 0 Å². The molecule has 0 spiro atoms. The van der Waals surface area contributed by atoms with Crippen LogP contribution in [0.5, 0.6) is 0 Å². The smallest absolute Gasteiger partial charge is 0.0516 e. The standard InChI is InChI=1S/C12H11Cl2NS/c1-8-2-3-10(5-12(8)14)15-6-11-4-9(13)7-16-11/h2-5,7,15H,6H2,1H3. The molecule has 0 bridgehead atoms. The molecule has 0 saturated carbocycles. The van der Waals surface area contributed by atoms with Gasteiger partial charge in [0, 0.05) is 27.5 Å². The van der Waals surface area contributed by atoms with E-state index in [9.17, 15) is 0 Å². The van der Waals surface area contributed by atoms with Gasteiger partial charge in [-0.25, -0.2) is 0 Å². The van der Waals surface area contributed by atoms with Crippen molar-refractivity contribution in [2.75, 3.05) is 5.32 Å². The number of nitrogens with one attached hydrogen (secondary N) is 1. The van der Waals surface area contributed by atoms with Crippen molar-refractivity contribution in [2.24, 2.45) is 0 Å². The fraction of sp³-hybridized carbons (Fsp3) is 0.167. The molecule has 0 fully saturated rings. The summed E-state index contributed by atoms with van der Waals surface area (Å²) in [5.41, 5.74) is 2.12. The maximum atomic E-state index is 6.04. The van der Waals surface area contributed by atoms with Gasteiger partial charge in [-0.15, -0.1) is 11.3 Å². The quantitative estimate of drug-likeness (QED) is 0.831. The number of hydrogen-bond donors (Lipinski definition) is 1. The number of aryl methyl sites for hydroxylation is 1. The van der Waals surface area contributed by atoms with E-state index in [1.807, 2.05) is 36.6 Å². The van der Waals surface area contributed by atoms with Gasteiger partial charge < -0.3 is 5.32 Å². The summed E-state index contributed by atoms with van der Waals surface area (Å²) < 4.78 is 0. The van der Waals surface area contributed by atoms with Gasteiger partial charge in [-0.2, -0.15) is 0 Å². The molecule has 0 aliphatic carbocycles. The van der Waals surface area contributed by atoms with Crippen LogP contribution in [0.3, 0.4) is 0 Å². The third-order valence-corrected chi connectivity index (χ3v) is 3.95. The van der Waals surface area contributed by atoms with Gasteiger partial charge in [0.1, 0.15) is 0 Å². The Morgan fingerprint density at radius 1 is 1.25 bits per heavy atom. The van der Waals surface area contributed by atoms with Gasteiger partial charge in [-0.05, 0) is 30.7 Å². The second-order valence-corrected chi connectivity index (χ2v) is 5.39. The van der Waals surface area contributed by atoms with Crippen molar-refractivity contribution in [3.8, 4) is 0 Å². The highest BCUT2D eigenvalue weighted by Crippen LogP contribution is 2.23. The molecule has 16 heavy (non-hydrogen) atoms. The zero-order chi connectivity index (χ0) is 11.5. The molecule has 1 aromatic carbocycles. The fourth-order valence-electron chi connectivity index (χ4n) is 1.34. The summed E-state index contributed by atoms with van der Waals surface area (Å²) in [6, 6.07) is 7.93. The summed E-state index contributed by atoms with van der Waals surface area (Å²) in [6.45, 7) is 2.77. The Bertz CT molecular complexity index is 494. The van der Waals surface area contributed by atoms with Crippen LogP contribution in [0.2, 0.25) is 10.0 Å². The number of hydrogen-bond acceptors (Lipinski definition) is 2. The highest BCUT2D eigenvalue weighted by molar-refractivity contribution is 7.10. The molecular formula is C12H11Cl2NS. The molecule has 0 atom stereocenters. The molecule has 1 N–H and O–H groups in total. The molecule has 84 valence electrons. The van der Waals surface area contributed by atoms with Crippen molar-refractivity contribution in [1.82, 2.24) is 0 Å². The van der Waals surface area contributed by atoms with Crippen molar-refractivity contribution in [3.05, 3.63) is 50.1 Å². The maximum Gasteiger partial charge on any atom is 0.0516 e. The summed E-state index contributed by atoms with van der Waals surface area (Å²) in [5.74, 6) is 0. The van der Waals surface area contributed by atoms with Crippen LogP contribution in [-0.4, -0.2) is 0 Å². The number of thiophene rings is 1. The number of anilines is 1. The van der Waals surface area contributed by atoms with Crippen LogP contribution >= 0.6 is 34.5 Å². The van der Waals surface area contributed by atoms with E-state index in [2.05, 4.69) is 5.32 Å². The number of rotatable bonds is 3. The largest absolute Gasteiger partial charge is 0.380 e. The van der Waals surface area contributed by atoms with Crippen LogP contribution < -0.4 is 5.32 Å². The van der Waals surface area contributed by atoms with Crippen LogP contribution in [0, 0.1) is 6.92 Å². The molecule has 0 unspecified atom stereocenters. The normalized spacial score (nSPS) is 10.4. The zero-order valence-corrected chi connectivity index (χ0v) is 11.1. The molecule has 2 aromatic rings. The first-order valence-electron chi connectivity index (χ1n) is 4.88. The summed E-state index contributed by atoms with van der Waals surface area (Å²) >= 11 is 13.5. The highest BCUT2D eigenvalue weighted by Gasteiger charge is 2.00. The zero-order valence-electron chi connectivity index (χ0n) is 8.76. The van der Waals surface area contributed by atoms with Crippen molar-refractivity contribution >= 4 is 40.2 Å². The number of benzene rings is 1. The van der Waals surface area contributed by atoms with Crippen LogP contribution in [0.4, 0.5) is 5.69 Å². The average Bonchev–Trinajstić information content (AvgIpc) is 2.66. The summed E-state index contributed by atoms with van der Waals surface area (Å²) in [7, 11) is 0. The van der Waals surface area contributed by atoms with E-state index in [0.717, 1.165) is 27.8 Å². The topological polar surface area (TPSA) is 12.0 Å². The minimum Gasteiger partial charge on any atom is -0.380 e. The molecule has 1 nitrogen and oxygen atoms in total. The van der Waals surface area contributed by atoms with Gasteiger partial charge in [0.2, 0.25) is 0 Å². The Morgan fingerprint density at radius 2 is 2.06 bits per heavy atom. The van der Waals surface area contributed by atoms with Crippen LogP contribution in [0.15, 0.2) is 29.6 Å². The Balaban J connectivity index is 2.02. The first-order valence-corrected chi connectivity index (χ1v) is 6.51. The molecule has 0 aliphatic rings. The van der Waals surface area contributed by atoms with Crippen molar-refractivity contribution in [1.29, 1.82) is 0 Å². The molecule has 0 radical (unpaired) electrons. The highest BCUT2D eigenvalue weighted by atomic mass is 35.5. The van der Waals surface area contributed by atoms with E-state index in [4.69, 9.17) is 23.2 Å². The Hall–Kier alpha value is -0.700. The van der Waals surface area contributed by atoms with Gasteiger partial charge in [0.25, 0.3) is 0 Å². The van der Waals surface area contributed by atoms with Crippen molar-refractivity contribution in [2.45, 2.75) is 13.5 Å². The van der Waals surface area contributed by atoms with Crippen LogP contribution in [-0.2, 0) is 6.54 Å². The first-order chi connectivity index (χ1) is 7.65. The molecule has 1 aromatic heterocycles. The van der Waals surface area contributed by atoms with E-state index >= 15 is 0 Å². The Labute approximate surface area is 109 Å². The minimum absolute atomic E-state index is 0.775. The molecule has 2 rings (SSSR count). The summed E-state index contributed by atoms with van der Waals surface area (Å²) in [5, 5.41) is 6.82. The summed E-state index contributed by atoms with van der Waals surface area (Å²) in [6.07, 6.45) is 0. The van der Waals surface area contributed by atoms with E-state index in [0.29, 0.717) is 0 Å². The predicted molar refractivity (Wildman–Crippen MR) is 72.8 cm³/mol. The SMILES string of the molecule is Cc1ccc(NCc2cc(Cl)cs2)cc1Cl. The third-order valence-electron chi connectivity index (χ3n) is 2.26. The average molecular weight is 272 g/mol. The second-order valence-electron chi connectivity index (χ2n) is 3.55. The first kappa shape index (κ1) is 11.8. The van der Waals surface area contributed by atoms with E-state index in [1.165, 1.54) is 4.88 Å². The predicted octanol–water partition coefficient (Wildman–Crippen LogP) is 4.98. The lowest BCUT2D eigenvalue weighted by Crippen LogP contribution is -1.97. The van der Waals surface area contributed by atoms with E-state index in [-0.39, 0.29) is 0 Å². The second kappa shape index (κ2) is 5.09. The van der Waals surface area contributed by atoms with E-state index in [1.54, 1.807) is 11.3 Å². The minimum atomic E-state index is 0.775. The van der Waals surface area contributed by atoms with Crippen LogP contribution in [0.25, 0.3) is 0 Å². The van der Waals surface area contributed by atoms with Crippen molar-refractivity contribution in [3.63, 3.8) is 0 Å². The lowest BCUT2D eigenvalue weighted by atomic mass is 10.2.